The Morgan fingerprint density at radius 2 is 1.70 bits per heavy atom. The first kappa shape index (κ1) is 19.9. The molecule has 3 atom stereocenters. The minimum Gasteiger partial charge on any atom is -0.427 e. The molecule has 154 valence electrons. The molecule has 30 heavy (non-hydrogen) atoms. The third kappa shape index (κ3) is 3.73. The van der Waals surface area contributed by atoms with Gasteiger partial charge >= 0.3 is 11.9 Å². The summed E-state index contributed by atoms with van der Waals surface area (Å²) in [4.78, 5) is 34.9. The monoisotopic (exact) mass is 405 g/mol. The van der Waals surface area contributed by atoms with Crippen LogP contribution in [0, 0.1) is 5.92 Å². The number of ether oxygens (including phenoxy) is 2. The summed E-state index contributed by atoms with van der Waals surface area (Å²) in [5.74, 6) is 0.204. The quantitative estimate of drug-likeness (QED) is 0.347. The van der Waals surface area contributed by atoms with Crippen molar-refractivity contribution in [2.45, 2.75) is 39.2 Å². The summed E-state index contributed by atoms with van der Waals surface area (Å²) < 4.78 is 10.6. The summed E-state index contributed by atoms with van der Waals surface area (Å²) in [7, 11) is 0. The average molecular weight is 405 g/mol. The molecule has 2 aliphatic rings. The van der Waals surface area contributed by atoms with Crippen molar-refractivity contribution in [2.75, 3.05) is 5.32 Å². The third-order valence-corrected chi connectivity index (χ3v) is 5.60. The van der Waals surface area contributed by atoms with Crippen molar-refractivity contribution in [1.82, 2.24) is 0 Å². The molecule has 4 rings (SSSR count). The normalized spacial score (nSPS) is 21.2. The lowest BCUT2D eigenvalue weighted by Crippen LogP contribution is -2.29. The van der Waals surface area contributed by atoms with Gasteiger partial charge < -0.3 is 14.8 Å². The van der Waals surface area contributed by atoms with Gasteiger partial charge in [-0.2, -0.15) is 0 Å². The Morgan fingerprint density at radius 3 is 2.40 bits per heavy atom. The number of anilines is 1. The second-order valence-electron chi connectivity index (χ2n) is 7.72. The van der Waals surface area contributed by atoms with E-state index < -0.39 is 11.9 Å². The lowest BCUT2D eigenvalue weighted by molar-refractivity contribution is -0.132. The maximum atomic E-state index is 11.8. The van der Waals surface area contributed by atoms with Gasteiger partial charge in [0.25, 0.3) is 0 Å². The molecule has 1 aliphatic carbocycles. The second kappa shape index (κ2) is 7.78. The number of hydrogen-bond acceptors (Lipinski definition) is 6. The van der Waals surface area contributed by atoms with Crippen LogP contribution in [0.3, 0.4) is 0 Å². The largest absolute Gasteiger partial charge is 0.427 e. The van der Waals surface area contributed by atoms with Crippen molar-refractivity contribution in [3.05, 3.63) is 65.2 Å². The molecule has 0 radical (unpaired) electrons. The molecule has 0 spiro atoms. The Labute approximate surface area is 174 Å². The van der Waals surface area contributed by atoms with E-state index in [0.717, 1.165) is 23.2 Å². The van der Waals surface area contributed by atoms with Crippen molar-refractivity contribution in [3.63, 3.8) is 0 Å². The van der Waals surface area contributed by atoms with Crippen LogP contribution in [0.2, 0.25) is 0 Å². The summed E-state index contributed by atoms with van der Waals surface area (Å²) in [5, 5.41) is 3.57. The molecule has 1 N–H and O–H groups in total. The Morgan fingerprint density at radius 1 is 0.933 bits per heavy atom. The lowest BCUT2D eigenvalue weighted by atomic mass is 9.76. The van der Waals surface area contributed by atoms with Crippen LogP contribution in [0.4, 0.5) is 5.69 Å². The van der Waals surface area contributed by atoms with E-state index in [1.54, 1.807) is 19.1 Å². The Kier molecular flexibility index (Phi) is 5.16. The number of rotatable bonds is 4. The van der Waals surface area contributed by atoms with Crippen molar-refractivity contribution >= 4 is 23.4 Å². The van der Waals surface area contributed by atoms with Gasteiger partial charge in [-0.1, -0.05) is 12.2 Å². The number of fused-ring (bicyclic) bond motifs is 3. The molecule has 0 aromatic heterocycles. The highest BCUT2D eigenvalue weighted by Crippen LogP contribution is 2.51. The van der Waals surface area contributed by atoms with Gasteiger partial charge in [0.1, 0.15) is 11.5 Å². The van der Waals surface area contributed by atoms with E-state index in [0.29, 0.717) is 17.1 Å². The van der Waals surface area contributed by atoms with E-state index in [1.165, 1.54) is 13.8 Å². The van der Waals surface area contributed by atoms with Gasteiger partial charge in [-0.15, -0.1) is 0 Å². The predicted octanol–water partition coefficient (Wildman–Crippen LogP) is 4.57. The number of allylic oxidation sites excluding steroid dienone is 2. The van der Waals surface area contributed by atoms with Crippen LogP contribution in [0.15, 0.2) is 48.6 Å². The molecule has 2 aromatic carbocycles. The molecule has 0 fully saturated rings. The molecule has 1 aliphatic heterocycles. The van der Waals surface area contributed by atoms with Crippen LogP contribution in [0.5, 0.6) is 11.5 Å². The maximum Gasteiger partial charge on any atom is 0.308 e. The molecular weight excluding hydrogens is 382 g/mol. The Balaban J connectivity index is 1.76. The van der Waals surface area contributed by atoms with E-state index in [9.17, 15) is 14.4 Å². The van der Waals surface area contributed by atoms with E-state index >= 15 is 0 Å². The van der Waals surface area contributed by atoms with E-state index in [1.807, 2.05) is 24.3 Å². The zero-order chi connectivity index (χ0) is 21.4. The van der Waals surface area contributed by atoms with Gasteiger partial charge in [-0.05, 0) is 55.2 Å². The fraction of sp³-hybridized carbons (Fsp3) is 0.292. The number of ketones is 1. The molecule has 6 nitrogen and oxygen atoms in total. The van der Waals surface area contributed by atoms with Gasteiger partial charge in [-0.3, -0.25) is 14.4 Å². The number of carbonyl (C=O) groups excluding carboxylic acids is 3. The lowest BCUT2D eigenvalue weighted by Gasteiger charge is -2.38. The van der Waals surface area contributed by atoms with Gasteiger partial charge in [0, 0.05) is 42.6 Å². The Hall–Kier alpha value is -3.41. The molecule has 0 unspecified atom stereocenters. The summed E-state index contributed by atoms with van der Waals surface area (Å²) in [6.07, 6.45) is 5.19. The first-order valence-electron chi connectivity index (χ1n) is 9.92. The third-order valence-electron chi connectivity index (χ3n) is 5.60. The number of benzene rings is 2. The fourth-order valence-electron chi connectivity index (χ4n) is 4.37. The molecule has 0 saturated heterocycles. The fourth-order valence-corrected chi connectivity index (χ4v) is 4.37. The predicted molar refractivity (Wildman–Crippen MR) is 112 cm³/mol. The summed E-state index contributed by atoms with van der Waals surface area (Å²) in [5.41, 5.74) is 3.57. The van der Waals surface area contributed by atoms with E-state index in [-0.39, 0.29) is 23.7 Å². The van der Waals surface area contributed by atoms with Crippen LogP contribution < -0.4 is 14.8 Å². The molecule has 6 heteroatoms. The average Bonchev–Trinajstić information content (AvgIpc) is 3.16. The molecule has 1 heterocycles. The molecule has 0 amide bonds. The van der Waals surface area contributed by atoms with E-state index in [4.69, 9.17) is 9.47 Å². The first-order valence-corrected chi connectivity index (χ1v) is 9.92. The molecular formula is C24H23NO5. The highest BCUT2D eigenvalue weighted by Gasteiger charge is 2.39. The topological polar surface area (TPSA) is 81.7 Å². The Bertz CT molecular complexity index is 1070. The van der Waals surface area contributed by atoms with Crippen LogP contribution in [0.25, 0.3) is 0 Å². The van der Waals surface area contributed by atoms with Gasteiger partial charge in [0.05, 0.1) is 6.04 Å². The highest BCUT2D eigenvalue weighted by atomic mass is 16.5. The summed E-state index contributed by atoms with van der Waals surface area (Å²) in [6, 6.07) is 10.7. The summed E-state index contributed by atoms with van der Waals surface area (Å²) in [6.45, 7) is 4.23. The maximum absolute atomic E-state index is 11.8. The number of Topliss-reactive ketones (excluding diaryl/α,β-unsaturated/α-hetero) is 1. The van der Waals surface area contributed by atoms with Crippen molar-refractivity contribution < 1.29 is 23.9 Å². The van der Waals surface area contributed by atoms with Crippen LogP contribution in [0.1, 0.15) is 60.6 Å². The minimum absolute atomic E-state index is 0.0386. The molecule has 0 saturated carbocycles. The van der Waals surface area contributed by atoms with Crippen LogP contribution >= 0.6 is 0 Å². The molecule has 2 aromatic rings. The van der Waals surface area contributed by atoms with Gasteiger partial charge in [0.15, 0.2) is 5.78 Å². The zero-order valence-corrected chi connectivity index (χ0v) is 17.1. The van der Waals surface area contributed by atoms with Crippen molar-refractivity contribution in [1.29, 1.82) is 0 Å². The SMILES string of the molecule is CC(=O)Oc1ccc([C@@H]2Nc3ccc(C(C)=O)cc3[C@@H]3C=CC[C@H]32)c(OC(C)=O)c1. The van der Waals surface area contributed by atoms with Crippen molar-refractivity contribution in [2.24, 2.45) is 5.92 Å². The van der Waals surface area contributed by atoms with Crippen LogP contribution in [-0.4, -0.2) is 17.7 Å². The van der Waals surface area contributed by atoms with Gasteiger partial charge in [-0.25, -0.2) is 0 Å². The minimum atomic E-state index is -0.445. The first-order chi connectivity index (χ1) is 14.3. The van der Waals surface area contributed by atoms with Gasteiger partial charge in [0.2, 0.25) is 0 Å². The van der Waals surface area contributed by atoms with Crippen LogP contribution in [-0.2, 0) is 9.59 Å². The van der Waals surface area contributed by atoms with Crippen molar-refractivity contribution in [3.8, 4) is 11.5 Å². The standard InChI is InChI=1S/C24H23NO5/c1-13(26)16-7-10-22-21(11-16)18-5-4-6-19(18)24(25-22)20-9-8-17(29-14(2)27)12-23(20)30-15(3)28/h4-5,7-12,18-19,24-25H,6H2,1-3H3/t18-,19-,24-/m1/s1. The second-order valence-corrected chi connectivity index (χ2v) is 7.72. The van der Waals surface area contributed by atoms with E-state index in [2.05, 4.69) is 17.5 Å². The highest BCUT2D eigenvalue weighted by molar-refractivity contribution is 5.95. The number of carbonyl (C=O) groups is 3. The number of hydrogen-bond donors (Lipinski definition) is 1. The zero-order valence-electron chi connectivity index (χ0n) is 17.1. The number of esters is 2. The summed E-state index contributed by atoms with van der Waals surface area (Å²) >= 11 is 0. The smallest absolute Gasteiger partial charge is 0.308 e. The molecule has 0 bridgehead atoms. The number of nitrogens with one attached hydrogen (secondary N) is 1.